The van der Waals surface area contributed by atoms with E-state index in [0.717, 1.165) is 15.6 Å². The van der Waals surface area contributed by atoms with Gasteiger partial charge >= 0.3 is 0 Å². The van der Waals surface area contributed by atoms with E-state index in [1.165, 1.54) is 18.0 Å². The van der Waals surface area contributed by atoms with Gasteiger partial charge in [0.25, 0.3) is 5.91 Å². The van der Waals surface area contributed by atoms with E-state index in [1.54, 1.807) is 12.1 Å². The van der Waals surface area contributed by atoms with Crippen molar-refractivity contribution in [2.24, 2.45) is 5.10 Å². The minimum atomic E-state index is -0.438. The Labute approximate surface area is 176 Å². The van der Waals surface area contributed by atoms with Crippen molar-refractivity contribution >= 4 is 39.7 Å². The monoisotopic (exact) mass is 457 g/mol. The summed E-state index contributed by atoms with van der Waals surface area (Å²) >= 11 is 9.36. The first-order chi connectivity index (χ1) is 13.5. The Morgan fingerprint density at radius 1 is 1.25 bits per heavy atom. The van der Waals surface area contributed by atoms with E-state index in [1.807, 2.05) is 49.4 Å². The zero-order chi connectivity index (χ0) is 19.9. The van der Waals surface area contributed by atoms with E-state index in [0.29, 0.717) is 12.4 Å². The number of rotatable bonds is 6. The Bertz CT molecular complexity index is 1010. The topological polar surface area (TPSA) is 63.6 Å². The molecule has 0 radical (unpaired) electrons. The fraction of sp³-hybridized carbons (Fsp3) is 0.0952. The zero-order valence-electron chi connectivity index (χ0n) is 15.0. The molecule has 0 aliphatic heterocycles. The summed E-state index contributed by atoms with van der Waals surface area (Å²) in [6.07, 6.45) is 3.04. The predicted octanol–water partition coefficient (Wildman–Crippen LogP) is 5.15. The highest BCUT2D eigenvalue weighted by molar-refractivity contribution is 9.10. The third kappa shape index (κ3) is 5.41. The summed E-state index contributed by atoms with van der Waals surface area (Å²) in [6.45, 7) is 2.47. The van der Waals surface area contributed by atoms with Gasteiger partial charge in [-0.05, 0) is 42.8 Å². The number of hydrogen-bond donors (Lipinski definition) is 1. The molecular formula is C21H17BrClN3O2. The number of ether oxygens (including phenoxy) is 1. The summed E-state index contributed by atoms with van der Waals surface area (Å²) in [4.78, 5) is 16.0. The minimum absolute atomic E-state index is 0.125. The van der Waals surface area contributed by atoms with Gasteiger partial charge in [-0.2, -0.15) is 5.10 Å². The average molecular weight is 459 g/mol. The molecule has 1 aromatic heterocycles. The number of benzene rings is 2. The molecule has 28 heavy (non-hydrogen) atoms. The number of carbonyl (C=O) groups excluding carboxylic acids is 1. The van der Waals surface area contributed by atoms with Crippen LogP contribution in [0.1, 0.15) is 27.0 Å². The Morgan fingerprint density at radius 2 is 2.04 bits per heavy atom. The largest absolute Gasteiger partial charge is 0.488 e. The Balaban J connectivity index is 1.69. The maximum atomic E-state index is 12.2. The van der Waals surface area contributed by atoms with E-state index >= 15 is 0 Å². The van der Waals surface area contributed by atoms with Crippen LogP contribution >= 0.6 is 27.5 Å². The van der Waals surface area contributed by atoms with Crippen LogP contribution in [0.2, 0.25) is 5.15 Å². The van der Waals surface area contributed by atoms with Gasteiger partial charge in [0.2, 0.25) is 0 Å². The fourth-order valence-electron chi connectivity index (χ4n) is 2.37. The molecule has 0 unspecified atom stereocenters. The lowest BCUT2D eigenvalue weighted by atomic mass is 10.1. The summed E-state index contributed by atoms with van der Waals surface area (Å²) in [5.74, 6) is 0.215. The van der Waals surface area contributed by atoms with E-state index in [-0.39, 0.29) is 10.7 Å². The number of pyridine rings is 1. The third-order valence-electron chi connectivity index (χ3n) is 3.86. The highest BCUT2D eigenvalue weighted by atomic mass is 79.9. The van der Waals surface area contributed by atoms with Gasteiger partial charge in [-0.1, -0.05) is 57.4 Å². The van der Waals surface area contributed by atoms with Crippen LogP contribution in [-0.4, -0.2) is 17.1 Å². The van der Waals surface area contributed by atoms with Gasteiger partial charge in [-0.25, -0.2) is 10.4 Å². The van der Waals surface area contributed by atoms with E-state index in [2.05, 4.69) is 31.4 Å². The molecule has 1 amide bonds. The average Bonchev–Trinajstić information content (AvgIpc) is 2.69. The molecule has 0 fully saturated rings. The van der Waals surface area contributed by atoms with Crippen LogP contribution in [-0.2, 0) is 6.61 Å². The second kappa shape index (κ2) is 9.48. The molecule has 0 atom stereocenters. The maximum Gasteiger partial charge on any atom is 0.274 e. The number of hydrazone groups is 1. The van der Waals surface area contributed by atoms with Crippen molar-refractivity contribution in [3.8, 4) is 5.75 Å². The normalized spacial score (nSPS) is 10.8. The first kappa shape index (κ1) is 20.0. The molecule has 0 bridgehead atoms. The van der Waals surface area contributed by atoms with Crippen LogP contribution in [0.4, 0.5) is 0 Å². The molecule has 3 aromatic rings. The highest BCUT2D eigenvalue weighted by Gasteiger charge is 2.09. The van der Waals surface area contributed by atoms with Gasteiger partial charge in [0, 0.05) is 16.2 Å². The van der Waals surface area contributed by atoms with Crippen molar-refractivity contribution in [3.05, 3.63) is 92.7 Å². The minimum Gasteiger partial charge on any atom is -0.488 e. The van der Waals surface area contributed by atoms with Crippen molar-refractivity contribution < 1.29 is 9.53 Å². The molecule has 2 aromatic carbocycles. The molecule has 5 nitrogen and oxygen atoms in total. The van der Waals surface area contributed by atoms with E-state index < -0.39 is 5.91 Å². The van der Waals surface area contributed by atoms with Crippen LogP contribution in [0.5, 0.6) is 5.75 Å². The quantitative estimate of drug-likeness (QED) is 0.316. The van der Waals surface area contributed by atoms with Crippen LogP contribution in [0, 0.1) is 6.92 Å². The summed E-state index contributed by atoms with van der Waals surface area (Å²) < 4.78 is 6.80. The number of aromatic nitrogens is 1. The van der Waals surface area contributed by atoms with Gasteiger partial charge in [0.1, 0.15) is 17.5 Å². The number of carbonyl (C=O) groups is 1. The highest BCUT2D eigenvalue weighted by Crippen LogP contribution is 2.23. The standard InChI is InChI=1S/C21H17BrClN3O2/c1-14-4-6-15(7-5-14)13-28-19-9-8-17(22)11-16(19)12-25-26-21(27)18-3-2-10-24-20(18)23/h2-12H,13H2,1H3,(H,26,27). The van der Waals surface area contributed by atoms with Crippen LogP contribution in [0.3, 0.4) is 0 Å². The van der Waals surface area contributed by atoms with Crippen LogP contribution in [0.25, 0.3) is 0 Å². The van der Waals surface area contributed by atoms with Crippen molar-refractivity contribution in [2.75, 3.05) is 0 Å². The van der Waals surface area contributed by atoms with Crippen molar-refractivity contribution in [2.45, 2.75) is 13.5 Å². The SMILES string of the molecule is Cc1ccc(COc2ccc(Br)cc2C=NNC(=O)c2cccnc2Cl)cc1. The summed E-state index contributed by atoms with van der Waals surface area (Å²) in [7, 11) is 0. The molecule has 0 spiro atoms. The second-order valence-electron chi connectivity index (χ2n) is 6.00. The van der Waals surface area contributed by atoms with Gasteiger partial charge in [-0.15, -0.1) is 0 Å². The van der Waals surface area contributed by atoms with Crippen LogP contribution in [0.15, 0.2) is 70.4 Å². The van der Waals surface area contributed by atoms with Gasteiger partial charge in [-0.3, -0.25) is 4.79 Å². The lowest BCUT2D eigenvalue weighted by molar-refractivity contribution is 0.0955. The second-order valence-corrected chi connectivity index (χ2v) is 7.27. The lowest BCUT2D eigenvalue weighted by Gasteiger charge is -2.10. The molecule has 0 saturated carbocycles. The first-order valence-corrected chi connectivity index (χ1v) is 9.62. The molecule has 142 valence electrons. The number of halogens is 2. The summed E-state index contributed by atoms with van der Waals surface area (Å²) in [6, 6.07) is 16.9. The molecule has 7 heteroatoms. The Kier molecular flexibility index (Phi) is 6.79. The van der Waals surface area contributed by atoms with Crippen molar-refractivity contribution in [1.29, 1.82) is 0 Å². The number of nitrogens with zero attached hydrogens (tertiary/aromatic N) is 2. The lowest BCUT2D eigenvalue weighted by Crippen LogP contribution is -2.18. The van der Waals surface area contributed by atoms with Crippen LogP contribution < -0.4 is 10.2 Å². The van der Waals surface area contributed by atoms with Crippen molar-refractivity contribution in [1.82, 2.24) is 10.4 Å². The number of aryl methyl sites for hydroxylation is 1. The molecule has 1 N–H and O–H groups in total. The smallest absolute Gasteiger partial charge is 0.274 e. The van der Waals surface area contributed by atoms with Crippen molar-refractivity contribution in [3.63, 3.8) is 0 Å². The Morgan fingerprint density at radius 3 is 2.79 bits per heavy atom. The molecule has 1 heterocycles. The van der Waals surface area contributed by atoms with Gasteiger partial charge in [0.05, 0.1) is 11.8 Å². The zero-order valence-corrected chi connectivity index (χ0v) is 17.4. The molecule has 3 rings (SSSR count). The predicted molar refractivity (Wildman–Crippen MR) is 114 cm³/mol. The molecule has 0 aliphatic carbocycles. The van der Waals surface area contributed by atoms with Gasteiger partial charge < -0.3 is 4.74 Å². The summed E-state index contributed by atoms with van der Waals surface area (Å²) in [5.41, 5.74) is 5.69. The fourth-order valence-corrected chi connectivity index (χ4v) is 2.96. The first-order valence-electron chi connectivity index (χ1n) is 8.45. The van der Waals surface area contributed by atoms with Gasteiger partial charge in [0.15, 0.2) is 0 Å². The molecule has 0 aliphatic rings. The number of amides is 1. The maximum absolute atomic E-state index is 12.2. The molecule has 0 saturated heterocycles. The number of hydrogen-bond acceptors (Lipinski definition) is 4. The number of nitrogens with one attached hydrogen (secondary N) is 1. The Hall–Kier alpha value is -2.70. The van der Waals surface area contributed by atoms with E-state index in [4.69, 9.17) is 16.3 Å². The van der Waals surface area contributed by atoms with E-state index in [9.17, 15) is 4.79 Å². The third-order valence-corrected chi connectivity index (χ3v) is 4.65. The molecular weight excluding hydrogens is 442 g/mol. The summed E-state index contributed by atoms with van der Waals surface area (Å²) in [5, 5.41) is 4.14.